The lowest BCUT2D eigenvalue weighted by molar-refractivity contribution is 0.282. The van der Waals surface area contributed by atoms with Crippen LogP contribution in [0.1, 0.15) is 24.8 Å². The molecule has 1 fully saturated rings. The fourth-order valence-corrected chi connectivity index (χ4v) is 1.49. The quantitative estimate of drug-likeness (QED) is 0.741. The van der Waals surface area contributed by atoms with Gasteiger partial charge in [-0.2, -0.15) is 0 Å². The molecule has 2 nitrogen and oxygen atoms in total. The third-order valence-electron chi connectivity index (χ3n) is 2.61. The minimum Gasteiger partial charge on any atom is -0.392 e. The van der Waals surface area contributed by atoms with Crippen LogP contribution in [0.4, 0.5) is 5.69 Å². The van der Waals surface area contributed by atoms with Crippen molar-refractivity contribution in [3.8, 4) is 0 Å². The van der Waals surface area contributed by atoms with Gasteiger partial charge in [-0.25, -0.2) is 0 Å². The molecule has 1 aliphatic rings. The third kappa shape index (κ3) is 2.01. The summed E-state index contributed by atoms with van der Waals surface area (Å²) >= 11 is 0. The molecule has 0 atom stereocenters. The molecule has 0 saturated heterocycles. The van der Waals surface area contributed by atoms with Gasteiger partial charge in [0.05, 0.1) is 6.61 Å². The van der Waals surface area contributed by atoms with E-state index in [2.05, 4.69) is 5.32 Å². The minimum absolute atomic E-state index is 0.129. The largest absolute Gasteiger partial charge is 0.392 e. The van der Waals surface area contributed by atoms with E-state index in [4.69, 9.17) is 5.11 Å². The molecule has 0 heterocycles. The van der Waals surface area contributed by atoms with Crippen LogP contribution in [0, 0.1) is 0 Å². The monoisotopic (exact) mass is 177 g/mol. The topological polar surface area (TPSA) is 32.3 Å². The van der Waals surface area contributed by atoms with E-state index >= 15 is 0 Å². The van der Waals surface area contributed by atoms with E-state index in [0.717, 1.165) is 5.56 Å². The van der Waals surface area contributed by atoms with E-state index in [1.165, 1.54) is 24.9 Å². The molecule has 2 N–H and O–H groups in total. The SMILES string of the molecule is OCc1ccc(NC2CCC2)cc1. The summed E-state index contributed by atoms with van der Waals surface area (Å²) < 4.78 is 0. The number of nitrogens with one attached hydrogen (secondary N) is 1. The second kappa shape index (κ2) is 3.79. The van der Waals surface area contributed by atoms with Crippen LogP contribution in [0.25, 0.3) is 0 Å². The van der Waals surface area contributed by atoms with Crippen molar-refractivity contribution in [3.63, 3.8) is 0 Å². The Morgan fingerprint density at radius 3 is 2.38 bits per heavy atom. The molecule has 2 rings (SSSR count). The first-order valence-electron chi connectivity index (χ1n) is 4.85. The first kappa shape index (κ1) is 8.57. The predicted molar refractivity (Wildman–Crippen MR) is 53.6 cm³/mol. The Hall–Kier alpha value is -1.02. The fourth-order valence-electron chi connectivity index (χ4n) is 1.49. The zero-order chi connectivity index (χ0) is 9.10. The zero-order valence-corrected chi connectivity index (χ0v) is 7.66. The van der Waals surface area contributed by atoms with E-state index < -0.39 is 0 Å². The van der Waals surface area contributed by atoms with Gasteiger partial charge in [0.1, 0.15) is 0 Å². The number of rotatable bonds is 3. The maximum absolute atomic E-state index is 8.85. The molecular formula is C11H15NO. The third-order valence-corrected chi connectivity index (χ3v) is 2.61. The lowest BCUT2D eigenvalue weighted by Crippen LogP contribution is -2.26. The molecule has 0 amide bonds. The van der Waals surface area contributed by atoms with E-state index in [0.29, 0.717) is 6.04 Å². The molecule has 13 heavy (non-hydrogen) atoms. The summed E-state index contributed by atoms with van der Waals surface area (Å²) in [6.07, 6.45) is 3.94. The van der Waals surface area contributed by atoms with Crippen LogP contribution < -0.4 is 5.32 Å². The molecule has 1 saturated carbocycles. The molecule has 1 aliphatic carbocycles. The maximum atomic E-state index is 8.85. The Labute approximate surface area is 78.6 Å². The van der Waals surface area contributed by atoms with Gasteiger partial charge in [0.25, 0.3) is 0 Å². The highest BCUT2D eigenvalue weighted by Gasteiger charge is 2.16. The van der Waals surface area contributed by atoms with Crippen molar-refractivity contribution in [1.82, 2.24) is 0 Å². The number of benzene rings is 1. The van der Waals surface area contributed by atoms with Crippen molar-refractivity contribution in [2.24, 2.45) is 0 Å². The van der Waals surface area contributed by atoms with Crippen LogP contribution in [-0.4, -0.2) is 11.1 Å². The van der Waals surface area contributed by atoms with Crippen molar-refractivity contribution in [3.05, 3.63) is 29.8 Å². The molecule has 0 aliphatic heterocycles. The number of aliphatic hydroxyl groups excluding tert-OH is 1. The van der Waals surface area contributed by atoms with Gasteiger partial charge in [-0.15, -0.1) is 0 Å². The average Bonchev–Trinajstić information content (AvgIpc) is 2.12. The fraction of sp³-hybridized carbons (Fsp3) is 0.455. The summed E-state index contributed by atoms with van der Waals surface area (Å²) in [5.41, 5.74) is 2.14. The van der Waals surface area contributed by atoms with Crippen LogP contribution in [0.2, 0.25) is 0 Å². The molecule has 0 unspecified atom stereocenters. The van der Waals surface area contributed by atoms with Gasteiger partial charge in [0, 0.05) is 11.7 Å². The van der Waals surface area contributed by atoms with Crippen molar-refractivity contribution >= 4 is 5.69 Å². The first-order valence-corrected chi connectivity index (χ1v) is 4.85. The van der Waals surface area contributed by atoms with Gasteiger partial charge in [-0.3, -0.25) is 0 Å². The lowest BCUT2D eigenvalue weighted by atomic mass is 9.93. The van der Waals surface area contributed by atoms with Crippen LogP contribution in [0.3, 0.4) is 0 Å². The minimum atomic E-state index is 0.129. The van der Waals surface area contributed by atoms with Crippen LogP contribution in [-0.2, 0) is 6.61 Å². The van der Waals surface area contributed by atoms with Crippen LogP contribution in [0.15, 0.2) is 24.3 Å². The molecule has 2 heteroatoms. The predicted octanol–water partition coefficient (Wildman–Crippen LogP) is 2.14. The van der Waals surface area contributed by atoms with Crippen molar-refractivity contribution < 1.29 is 5.11 Å². The molecule has 0 spiro atoms. The van der Waals surface area contributed by atoms with E-state index in [1.54, 1.807) is 0 Å². The highest BCUT2D eigenvalue weighted by atomic mass is 16.3. The lowest BCUT2D eigenvalue weighted by Gasteiger charge is -2.27. The van der Waals surface area contributed by atoms with Gasteiger partial charge >= 0.3 is 0 Å². The normalized spacial score (nSPS) is 16.7. The van der Waals surface area contributed by atoms with E-state index in [1.807, 2.05) is 24.3 Å². The highest BCUT2D eigenvalue weighted by molar-refractivity contribution is 5.45. The molecule has 1 aromatic carbocycles. The number of aliphatic hydroxyl groups is 1. The molecule has 0 bridgehead atoms. The Kier molecular flexibility index (Phi) is 2.50. The first-order chi connectivity index (χ1) is 6.38. The summed E-state index contributed by atoms with van der Waals surface area (Å²) in [7, 11) is 0. The molecular weight excluding hydrogens is 162 g/mol. The second-order valence-electron chi connectivity index (χ2n) is 3.63. The Balaban J connectivity index is 1.96. The summed E-state index contributed by atoms with van der Waals surface area (Å²) in [6, 6.07) is 8.66. The standard InChI is InChI=1S/C11H15NO/c13-8-9-4-6-11(7-5-9)12-10-2-1-3-10/h4-7,10,12-13H,1-3,8H2. The second-order valence-corrected chi connectivity index (χ2v) is 3.63. The molecule has 0 aromatic heterocycles. The van der Waals surface area contributed by atoms with Crippen molar-refractivity contribution in [2.75, 3.05) is 5.32 Å². The molecule has 1 aromatic rings. The van der Waals surface area contributed by atoms with Gasteiger partial charge in [0.2, 0.25) is 0 Å². The Bertz CT molecular complexity index is 264. The molecule has 70 valence electrons. The van der Waals surface area contributed by atoms with Crippen molar-refractivity contribution in [1.29, 1.82) is 0 Å². The van der Waals surface area contributed by atoms with Crippen molar-refractivity contribution in [2.45, 2.75) is 31.9 Å². The average molecular weight is 177 g/mol. The van der Waals surface area contributed by atoms with Gasteiger partial charge < -0.3 is 10.4 Å². The van der Waals surface area contributed by atoms with E-state index in [9.17, 15) is 0 Å². The van der Waals surface area contributed by atoms with Crippen LogP contribution >= 0.6 is 0 Å². The van der Waals surface area contributed by atoms with Gasteiger partial charge in [-0.1, -0.05) is 12.1 Å². The Morgan fingerprint density at radius 1 is 1.23 bits per heavy atom. The van der Waals surface area contributed by atoms with E-state index in [-0.39, 0.29) is 6.61 Å². The summed E-state index contributed by atoms with van der Waals surface area (Å²) in [6.45, 7) is 0.129. The summed E-state index contributed by atoms with van der Waals surface area (Å²) in [5.74, 6) is 0. The number of hydrogen-bond donors (Lipinski definition) is 2. The zero-order valence-electron chi connectivity index (χ0n) is 7.66. The number of hydrogen-bond acceptors (Lipinski definition) is 2. The highest BCUT2D eigenvalue weighted by Crippen LogP contribution is 2.23. The summed E-state index contributed by atoms with van der Waals surface area (Å²) in [4.78, 5) is 0. The van der Waals surface area contributed by atoms with Gasteiger partial charge in [-0.05, 0) is 37.0 Å². The van der Waals surface area contributed by atoms with Crippen LogP contribution in [0.5, 0.6) is 0 Å². The molecule has 0 radical (unpaired) electrons. The Morgan fingerprint density at radius 2 is 1.92 bits per heavy atom. The maximum Gasteiger partial charge on any atom is 0.0681 e. The number of anilines is 1. The summed E-state index contributed by atoms with van der Waals surface area (Å²) in [5, 5.41) is 12.3. The smallest absolute Gasteiger partial charge is 0.0681 e. The van der Waals surface area contributed by atoms with Gasteiger partial charge in [0.15, 0.2) is 0 Å².